The molecule has 0 fully saturated rings. The largest absolute Gasteiger partial charge is 0.480 e. The number of carboxylic acid groups (broad SMARTS) is 5. The Balaban J connectivity index is 5.33. The molecule has 1 unspecified atom stereocenters. The van der Waals surface area contributed by atoms with Crippen LogP contribution < -0.4 is 0 Å². The highest BCUT2D eigenvalue weighted by Gasteiger charge is 2.45. The molecule has 5 N–H and O–H groups in total. The minimum Gasteiger partial charge on any atom is -0.480 e. The Morgan fingerprint density at radius 3 is 0.745 bits per heavy atom. The summed E-state index contributed by atoms with van der Waals surface area (Å²) in [6.07, 6.45) is 63.6. The number of hydrogen-bond acceptors (Lipinski definition) is 18. The quantitative estimate of drug-likeness (QED) is 0.0163. The van der Waals surface area contributed by atoms with Crippen molar-refractivity contribution in [3.8, 4) is 0 Å². The number of carbonyl (C=O) groups excluding carboxylic acids is 5. The third-order valence-corrected chi connectivity index (χ3v) is 20.8. The van der Waals surface area contributed by atoms with Gasteiger partial charge < -0.3 is 49.2 Å². The van der Waals surface area contributed by atoms with Gasteiger partial charge in [-0.15, -0.1) is 0 Å². The number of carboxylic acids is 5. The van der Waals surface area contributed by atoms with Gasteiger partial charge in [-0.3, -0.25) is 62.6 Å². The van der Waals surface area contributed by atoms with Gasteiger partial charge in [-0.25, -0.2) is 0 Å². The maximum atomic E-state index is 14.5. The van der Waals surface area contributed by atoms with Crippen molar-refractivity contribution in [2.45, 2.75) is 412 Å². The Bertz CT molecular complexity index is 2160. The summed E-state index contributed by atoms with van der Waals surface area (Å²) < 4.78 is 29.0. The Morgan fingerprint density at radius 1 is 0.273 bits per heavy atom. The second-order valence-electron chi connectivity index (χ2n) is 31.4. The van der Waals surface area contributed by atoms with E-state index in [4.69, 9.17) is 23.7 Å². The van der Waals surface area contributed by atoms with Crippen molar-refractivity contribution in [1.82, 2.24) is 14.7 Å². The molecule has 0 rings (SSSR count). The third kappa shape index (κ3) is 68.2. The average Bonchev–Trinajstić information content (AvgIpc) is 0.832. The van der Waals surface area contributed by atoms with Crippen molar-refractivity contribution in [1.29, 1.82) is 0 Å². The third-order valence-electron chi connectivity index (χ3n) is 20.8. The fourth-order valence-electron chi connectivity index (χ4n) is 13.9. The van der Waals surface area contributed by atoms with E-state index < -0.39 is 130 Å². The number of carbonyl (C=O) groups is 10. The van der Waals surface area contributed by atoms with Crippen LogP contribution in [0.15, 0.2) is 0 Å². The molecule has 0 aromatic carbocycles. The number of aliphatic carboxylic acids is 5. The van der Waals surface area contributed by atoms with Gasteiger partial charge in [-0.05, 0) is 32.1 Å². The lowest BCUT2D eigenvalue weighted by Crippen LogP contribution is -2.54. The molecule has 0 aliphatic heterocycles. The summed E-state index contributed by atoms with van der Waals surface area (Å²) in [5, 5.41) is 47.4. The molecule has 0 aliphatic carbocycles. The number of rotatable bonds is 86. The van der Waals surface area contributed by atoms with E-state index in [0.29, 0.717) is 32.1 Å². The molecule has 0 radical (unpaired) electrons. The van der Waals surface area contributed by atoms with E-state index in [9.17, 15) is 73.5 Å². The first-order chi connectivity index (χ1) is 53.3. The summed E-state index contributed by atoms with van der Waals surface area (Å²) in [6.45, 7) is 0.851. The molecule has 23 nitrogen and oxygen atoms in total. The summed E-state index contributed by atoms with van der Waals surface area (Å²) >= 11 is 0. The summed E-state index contributed by atoms with van der Waals surface area (Å²) in [6, 6.07) is -1.59. The Hall–Kier alpha value is -5.42. The molecule has 0 aliphatic rings. The molecule has 0 spiro atoms. The lowest BCUT2D eigenvalue weighted by molar-refractivity contribution is -0.180. The van der Waals surface area contributed by atoms with Crippen LogP contribution in [-0.4, -0.2) is 185 Å². The van der Waals surface area contributed by atoms with Gasteiger partial charge in [0.15, 0.2) is 5.41 Å². The summed E-state index contributed by atoms with van der Waals surface area (Å²) in [5.41, 5.74) is -1.72. The molecule has 0 bridgehead atoms. The van der Waals surface area contributed by atoms with Gasteiger partial charge in [-0.1, -0.05) is 348 Å². The number of hydrogen-bond donors (Lipinski definition) is 5. The van der Waals surface area contributed by atoms with E-state index in [-0.39, 0.29) is 45.4 Å². The van der Waals surface area contributed by atoms with Crippen LogP contribution in [0.1, 0.15) is 406 Å². The second kappa shape index (κ2) is 76.2. The number of nitrogens with zero attached hydrogens (tertiary/aromatic N) is 3. The minimum atomic E-state index is -1.72. The van der Waals surface area contributed by atoms with Crippen molar-refractivity contribution >= 4 is 59.7 Å². The molecular weight excluding hydrogens is 1410 g/mol. The summed E-state index contributed by atoms with van der Waals surface area (Å²) in [7, 11) is 0. The topological polar surface area (TPSA) is 328 Å². The Labute approximate surface area is 665 Å². The van der Waals surface area contributed by atoms with E-state index in [1.807, 2.05) is 0 Å². The Kier molecular flexibility index (Phi) is 72.5. The fourth-order valence-corrected chi connectivity index (χ4v) is 13.9. The molecular formula is C87H159N3O20. The van der Waals surface area contributed by atoms with Crippen LogP contribution >= 0.6 is 0 Å². The van der Waals surface area contributed by atoms with Crippen LogP contribution in [0.25, 0.3) is 0 Å². The first kappa shape index (κ1) is 105. The van der Waals surface area contributed by atoms with Crippen LogP contribution in [0.2, 0.25) is 0 Å². The number of ether oxygens (including phenoxy) is 5. The average molecular weight is 1570 g/mol. The second-order valence-corrected chi connectivity index (χ2v) is 31.4. The van der Waals surface area contributed by atoms with Gasteiger partial charge in [0.2, 0.25) is 0 Å². The number of unbranched alkanes of at least 4 members (excludes halogenated alkanes) is 52. The molecule has 0 saturated heterocycles. The van der Waals surface area contributed by atoms with Crippen molar-refractivity contribution in [3.63, 3.8) is 0 Å². The molecule has 0 aromatic rings. The zero-order valence-corrected chi connectivity index (χ0v) is 69.7. The van der Waals surface area contributed by atoms with Crippen molar-refractivity contribution in [2.24, 2.45) is 5.41 Å². The molecule has 0 heterocycles. The van der Waals surface area contributed by atoms with Crippen molar-refractivity contribution in [2.75, 3.05) is 79.0 Å². The van der Waals surface area contributed by atoms with E-state index in [1.54, 1.807) is 0 Å². The highest BCUT2D eigenvalue weighted by Crippen LogP contribution is 2.26. The fraction of sp³-hybridized carbons (Fsp3) is 0.885. The highest BCUT2D eigenvalue weighted by molar-refractivity contribution is 5.80. The predicted octanol–water partition coefficient (Wildman–Crippen LogP) is 19.8. The van der Waals surface area contributed by atoms with Crippen LogP contribution in [0.4, 0.5) is 0 Å². The molecule has 0 aromatic heterocycles. The first-order valence-corrected chi connectivity index (χ1v) is 44.4. The summed E-state index contributed by atoms with van der Waals surface area (Å²) in [4.78, 5) is 129. The van der Waals surface area contributed by atoms with Gasteiger partial charge >= 0.3 is 59.7 Å². The van der Waals surface area contributed by atoms with Gasteiger partial charge in [0.25, 0.3) is 0 Å². The van der Waals surface area contributed by atoms with Gasteiger partial charge in [0.1, 0.15) is 32.5 Å². The maximum Gasteiger partial charge on any atom is 0.324 e. The molecule has 0 saturated carbocycles. The Morgan fingerprint density at radius 2 is 0.500 bits per heavy atom. The molecule has 642 valence electrons. The molecule has 0 amide bonds. The summed E-state index contributed by atoms with van der Waals surface area (Å²) in [5.74, 6) is -9.60. The van der Waals surface area contributed by atoms with Gasteiger partial charge in [0, 0.05) is 38.8 Å². The maximum absolute atomic E-state index is 14.5. The van der Waals surface area contributed by atoms with E-state index >= 15 is 0 Å². The lowest BCUT2D eigenvalue weighted by Gasteiger charge is -2.34. The van der Waals surface area contributed by atoms with E-state index in [0.717, 1.165) is 156 Å². The van der Waals surface area contributed by atoms with Crippen molar-refractivity contribution in [3.05, 3.63) is 0 Å². The zero-order chi connectivity index (χ0) is 81.0. The molecule has 110 heavy (non-hydrogen) atoms. The van der Waals surface area contributed by atoms with E-state index in [1.165, 1.54) is 186 Å². The van der Waals surface area contributed by atoms with Crippen LogP contribution in [-0.2, 0) is 71.6 Å². The number of esters is 5. The van der Waals surface area contributed by atoms with E-state index in [2.05, 4.69) is 20.8 Å². The SMILES string of the molecule is CCCCCCCCCCCCCCCC(=O)OCC(COC(=O)CCCCCCCCCCCCCCC)(COC(=O)CCCCCCCCCCCCCCC)C(=O)OCCCCCCCCCCCCCCCCCCCC(=O)OCC(C(=O)O)N(CCN(CC(=O)O)CC(=O)O)CN(CC(=O)O)CC(=O)O. The standard InChI is InChI=1S/C87H159N3O20/c1-4-7-10-13-16-19-22-30-35-41-46-51-56-61-82(100)108-72-87(73-109-83(101)62-57-52-47-42-36-31-23-20-17-14-11-8-5-2,74-110-84(102)63-58-53-48-43-37-32-24-21-18-15-12-9-6-3)86(105)106-66-59-54-49-44-39-34-29-27-25-26-28-33-38-40-45-50-55-60-81(99)107-71-76(85(103)104)90(75-89(69-79(95)96)70-80(97)98)65-64-88(67-77(91)92)68-78(93)94/h76H,4-75H2,1-3H3,(H,91,92)(H,93,94)(H,95,96)(H,97,98)(H,103,104). The predicted molar refractivity (Wildman–Crippen MR) is 433 cm³/mol. The normalized spacial score (nSPS) is 11.9. The van der Waals surface area contributed by atoms with Gasteiger partial charge in [-0.2, -0.15) is 0 Å². The smallest absolute Gasteiger partial charge is 0.324 e. The lowest BCUT2D eigenvalue weighted by atomic mass is 9.91. The first-order valence-electron chi connectivity index (χ1n) is 44.4. The van der Waals surface area contributed by atoms with Crippen LogP contribution in [0.3, 0.4) is 0 Å². The van der Waals surface area contributed by atoms with Crippen LogP contribution in [0.5, 0.6) is 0 Å². The molecule has 23 heteroatoms. The minimum absolute atomic E-state index is 0.0320. The van der Waals surface area contributed by atoms with Crippen molar-refractivity contribution < 1.29 is 97.2 Å². The zero-order valence-electron chi connectivity index (χ0n) is 69.7. The monoisotopic (exact) mass is 1570 g/mol. The molecule has 1 atom stereocenters. The highest BCUT2D eigenvalue weighted by atomic mass is 16.6. The van der Waals surface area contributed by atoms with Gasteiger partial charge in [0.05, 0.1) is 39.5 Å². The van der Waals surface area contributed by atoms with Crippen LogP contribution in [0, 0.1) is 5.41 Å².